The molecule has 5 nitrogen and oxygen atoms in total. The molecule has 1 N–H and O–H groups in total. The molecule has 3 rings (SSSR count). The molecular formula is C15H10N2O3S. The Labute approximate surface area is 124 Å². The number of hydrogen-bond acceptors (Lipinski definition) is 4. The second-order valence-electron chi connectivity index (χ2n) is 4.40. The molecule has 0 fully saturated rings. The van der Waals surface area contributed by atoms with Crippen molar-refractivity contribution in [2.45, 2.75) is 0 Å². The Morgan fingerprint density at radius 3 is 2.52 bits per heavy atom. The Hall–Kier alpha value is -2.73. The molecule has 0 aliphatic rings. The number of non-ortho nitro benzene ring substituents is 1. The molecule has 0 unspecified atom stereocenters. The van der Waals surface area contributed by atoms with Crippen molar-refractivity contribution in [2.75, 3.05) is 5.32 Å². The second kappa shape index (κ2) is 5.34. The van der Waals surface area contributed by atoms with Gasteiger partial charge in [-0.2, -0.15) is 0 Å². The summed E-state index contributed by atoms with van der Waals surface area (Å²) < 4.78 is 1.05. The van der Waals surface area contributed by atoms with Crippen LogP contribution in [0.4, 0.5) is 11.4 Å². The summed E-state index contributed by atoms with van der Waals surface area (Å²) in [6.07, 6.45) is 0. The number of carbonyl (C=O) groups is 1. The van der Waals surface area contributed by atoms with Crippen LogP contribution in [0.5, 0.6) is 0 Å². The molecule has 0 saturated carbocycles. The molecule has 0 aliphatic carbocycles. The Morgan fingerprint density at radius 1 is 1.10 bits per heavy atom. The number of nitro groups is 1. The van der Waals surface area contributed by atoms with E-state index in [0.717, 1.165) is 10.1 Å². The fourth-order valence-corrected chi connectivity index (χ4v) is 2.96. The summed E-state index contributed by atoms with van der Waals surface area (Å²) in [5.41, 5.74) is 1.13. The van der Waals surface area contributed by atoms with Gasteiger partial charge in [-0.1, -0.05) is 18.2 Å². The largest absolute Gasteiger partial charge is 0.322 e. The summed E-state index contributed by atoms with van der Waals surface area (Å²) in [5.74, 6) is -0.221. The van der Waals surface area contributed by atoms with Crippen LogP contribution >= 0.6 is 11.3 Å². The van der Waals surface area contributed by atoms with Gasteiger partial charge in [-0.05, 0) is 18.2 Å². The predicted molar refractivity (Wildman–Crippen MR) is 82.9 cm³/mol. The number of amides is 1. The van der Waals surface area contributed by atoms with Crippen LogP contribution in [0.15, 0.2) is 53.9 Å². The predicted octanol–water partition coefficient (Wildman–Crippen LogP) is 4.06. The van der Waals surface area contributed by atoms with Gasteiger partial charge in [-0.15, -0.1) is 11.3 Å². The number of anilines is 1. The Balaban J connectivity index is 1.84. The summed E-state index contributed by atoms with van der Waals surface area (Å²) in [6.45, 7) is 0. The van der Waals surface area contributed by atoms with Gasteiger partial charge >= 0.3 is 0 Å². The van der Waals surface area contributed by atoms with Crippen molar-refractivity contribution < 1.29 is 9.72 Å². The number of nitro benzene ring substituents is 1. The molecular weight excluding hydrogens is 288 g/mol. The van der Waals surface area contributed by atoms with E-state index in [4.69, 9.17) is 0 Å². The average Bonchev–Trinajstić information content (AvgIpc) is 2.92. The first-order valence-electron chi connectivity index (χ1n) is 6.17. The standard InChI is InChI=1S/C15H10N2O3S/c18-15(13-9-21-14-4-2-1-3-12(13)14)16-10-5-7-11(8-6-10)17(19)20/h1-9H,(H,16,18). The van der Waals surface area contributed by atoms with Crippen LogP contribution in [0, 0.1) is 10.1 Å². The van der Waals surface area contributed by atoms with Gasteiger partial charge in [0.1, 0.15) is 0 Å². The monoisotopic (exact) mass is 298 g/mol. The topological polar surface area (TPSA) is 72.2 Å². The molecule has 0 spiro atoms. The lowest BCUT2D eigenvalue weighted by atomic mass is 10.1. The Kier molecular flexibility index (Phi) is 3.37. The number of nitrogens with one attached hydrogen (secondary N) is 1. The molecule has 1 heterocycles. The van der Waals surface area contributed by atoms with Gasteiger partial charge in [0.2, 0.25) is 0 Å². The van der Waals surface area contributed by atoms with Crippen molar-refractivity contribution in [3.05, 3.63) is 69.6 Å². The van der Waals surface area contributed by atoms with Gasteiger partial charge in [0, 0.05) is 33.3 Å². The highest BCUT2D eigenvalue weighted by atomic mass is 32.1. The van der Waals surface area contributed by atoms with Crippen molar-refractivity contribution in [1.82, 2.24) is 0 Å². The molecule has 6 heteroatoms. The number of benzene rings is 2. The molecule has 0 aliphatic heterocycles. The fourth-order valence-electron chi connectivity index (χ4n) is 2.02. The van der Waals surface area contributed by atoms with Crippen LogP contribution in [0.1, 0.15) is 10.4 Å². The van der Waals surface area contributed by atoms with Crippen molar-refractivity contribution in [3.63, 3.8) is 0 Å². The normalized spacial score (nSPS) is 10.5. The summed E-state index contributed by atoms with van der Waals surface area (Å²) in [5, 5.41) is 16.1. The van der Waals surface area contributed by atoms with Gasteiger partial charge in [-0.25, -0.2) is 0 Å². The first-order chi connectivity index (χ1) is 10.1. The van der Waals surface area contributed by atoms with E-state index in [0.29, 0.717) is 11.3 Å². The quantitative estimate of drug-likeness (QED) is 0.585. The zero-order chi connectivity index (χ0) is 14.8. The van der Waals surface area contributed by atoms with E-state index in [9.17, 15) is 14.9 Å². The minimum Gasteiger partial charge on any atom is -0.322 e. The van der Waals surface area contributed by atoms with Gasteiger partial charge < -0.3 is 5.32 Å². The third-order valence-electron chi connectivity index (χ3n) is 3.06. The molecule has 3 aromatic rings. The molecule has 21 heavy (non-hydrogen) atoms. The van der Waals surface area contributed by atoms with Crippen molar-refractivity contribution >= 4 is 38.7 Å². The molecule has 1 amide bonds. The first-order valence-corrected chi connectivity index (χ1v) is 7.05. The van der Waals surface area contributed by atoms with Gasteiger partial charge in [0.15, 0.2) is 0 Å². The lowest BCUT2D eigenvalue weighted by Crippen LogP contribution is -2.11. The summed E-state index contributed by atoms with van der Waals surface area (Å²) in [7, 11) is 0. The third-order valence-corrected chi connectivity index (χ3v) is 4.03. The highest BCUT2D eigenvalue weighted by Gasteiger charge is 2.12. The minimum absolute atomic E-state index is 0.00557. The second-order valence-corrected chi connectivity index (χ2v) is 5.31. The molecule has 0 saturated heterocycles. The van der Waals surface area contributed by atoms with Crippen molar-refractivity contribution in [1.29, 1.82) is 0 Å². The van der Waals surface area contributed by atoms with Crippen LogP contribution in [-0.4, -0.2) is 10.8 Å². The lowest BCUT2D eigenvalue weighted by molar-refractivity contribution is -0.384. The lowest BCUT2D eigenvalue weighted by Gasteiger charge is -2.04. The molecule has 2 aromatic carbocycles. The molecule has 0 radical (unpaired) electrons. The van der Waals surface area contributed by atoms with Crippen molar-refractivity contribution in [2.24, 2.45) is 0 Å². The summed E-state index contributed by atoms with van der Waals surface area (Å²) >= 11 is 1.51. The van der Waals surface area contributed by atoms with E-state index in [1.54, 1.807) is 0 Å². The Morgan fingerprint density at radius 2 is 1.81 bits per heavy atom. The zero-order valence-corrected chi connectivity index (χ0v) is 11.6. The Bertz CT molecular complexity index is 824. The minimum atomic E-state index is -0.474. The van der Waals surface area contributed by atoms with E-state index < -0.39 is 4.92 Å². The van der Waals surface area contributed by atoms with E-state index >= 15 is 0 Å². The van der Waals surface area contributed by atoms with E-state index in [-0.39, 0.29) is 11.6 Å². The molecule has 104 valence electrons. The summed E-state index contributed by atoms with van der Waals surface area (Å²) in [6, 6.07) is 13.4. The number of fused-ring (bicyclic) bond motifs is 1. The summed E-state index contributed by atoms with van der Waals surface area (Å²) in [4.78, 5) is 22.4. The van der Waals surface area contributed by atoms with Crippen molar-refractivity contribution in [3.8, 4) is 0 Å². The maximum Gasteiger partial charge on any atom is 0.269 e. The van der Waals surface area contributed by atoms with Crippen LogP contribution in [0.3, 0.4) is 0 Å². The average molecular weight is 298 g/mol. The van der Waals surface area contributed by atoms with Crippen LogP contribution in [0.25, 0.3) is 10.1 Å². The van der Waals surface area contributed by atoms with E-state index in [1.165, 1.54) is 35.6 Å². The van der Waals surface area contributed by atoms with E-state index in [1.807, 2.05) is 29.6 Å². The zero-order valence-electron chi connectivity index (χ0n) is 10.8. The van der Waals surface area contributed by atoms with Gasteiger partial charge in [0.05, 0.1) is 10.5 Å². The van der Waals surface area contributed by atoms with Crippen LogP contribution < -0.4 is 5.32 Å². The number of carbonyl (C=O) groups excluding carboxylic acids is 1. The highest BCUT2D eigenvalue weighted by molar-refractivity contribution is 7.17. The van der Waals surface area contributed by atoms with E-state index in [2.05, 4.69) is 5.32 Å². The SMILES string of the molecule is O=C(Nc1ccc([N+](=O)[O-])cc1)c1csc2ccccc12. The number of thiophene rings is 1. The molecule has 1 aromatic heterocycles. The highest BCUT2D eigenvalue weighted by Crippen LogP contribution is 2.26. The number of nitrogens with zero attached hydrogens (tertiary/aromatic N) is 1. The molecule has 0 bridgehead atoms. The fraction of sp³-hybridized carbons (Fsp3) is 0. The van der Waals surface area contributed by atoms with Gasteiger partial charge in [-0.3, -0.25) is 14.9 Å². The number of rotatable bonds is 3. The maximum absolute atomic E-state index is 12.3. The molecule has 0 atom stereocenters. The smallest absolute Gasteiger partial charge is 0.269 e. The van der Waals surface area contributed by atoms with Crippen LogP contribution in [-0.2, 0) is 0 Å². The first kappa shape index (κ1) is 13.3. The van der Waals surface area contributed by atoms with Crippen LogP contribution in [0.2, 0.25) is 0 Å². The number of hydrogen-bond donors (Lipinski definition) is 1. The van der Waals surface area contributed by atoms with Gasteiger partial charge in [0.25, 0.3) is 11.6 Å². The maximum atomic E-state index is 12.3. The third kappa shape index (κ3) is 2.61.